The lowest BCUT2D eigenvalue weighted by Crippen LogP contribution is -2.50. The van der Waals surface area contributed by atoms with Gasteiger partial charge < -0.3 is 5.11 Å². The summed E-state index contributed by atoms with van der Waals surface area (Å²) in [6.45, 7) is 6.56. The van der Waals surface area contributed by atoms with Crippen molar-refractivity contribution < 1.29 is 13.5 Å². The van der Waals surface area contributed by atoms with E-state index < -0.39 is 10.0 Å². The summed E-state index contributed by atoms with van der Waals surface area (Å²) in [7, 11) is -3.45. The van der Waals surface area contributed by atoms with Crippen molar-refractivity contribution in [2.24, 2.45) is 0 Å². The fourth-order valence-electron chi connectivity index (χ4n) is 2.27. The van der Waals surface area contributed by atoms with E-state index in [9.17, 15) is 13.5 Å². The predicted octanol–water partition coefficient (Wildman–Crippen LogP) is 0.955. The summed E-state index contributed by atoms with van der Waals surface area (Å²) in [6, 6.07) is 2.03. The van der Waals surface area contributed by atoms with Gasteiger partial charge in [-0.3, -0.25) is 4.90 Å². The van der Waals surface area contributed by atoms with Gasteiger partial charge in [-0.1, -0.05) is 0 Å². The lowest BCUT2D eigenvalue weighted by atomic mass is 10.3. The largest absolute Gasteiger partial charge is 0.391 e. The van der Waals surface area contributed by atoms with Gasteiger partial charge in [0.05, 0.1) is 11.5 Å². The van der Waals surface area contributed by atoms with Gasteiger partial charge >= 0.3 is 0 Å². The van der Waals surface area contributed by atoms with Crippen LogP contribution in [-0.2, 0) is 16.6 Å². The highest BCUT2D eigenvalue weighted by Gasteiger charge is 2.31. The molecular formula is C12H20N2O3S2. The molecule has 1 N–H and O–H groups in total. The molecule has 1 saturated heterocycles. The second kappa shape index (κ2) is 5.88. The average Bonchev–Trinajstić information content (AvgIpc) is 2.87. The molecule has 0 unspecified atom stereocenters. The Hall–Kier alpha value is -0.470. The number of nitrogens with zero attached hydrogens (tertiary/aromatic N) is 2. The highest BCUT2D eigenvalue weighted by molar-refractivity contribution is 7.89. The molecule has 0 spiro atoms. The first kappa shape index (κ1) is 14.9. The standard InChI is InChI=1S/C12H20N2O3S2/c1-10(2)13-4-6-14(7-5-13)19(16,17)12-3-8-18-11(12)9-15/h3,8,10,15H,4-7,9H2,1-2H3. The Morgan fingerprint density at radius 1 is 1.32 bits per heavy atom. The van der Waals surface area contributed by atoms with Crippen molar-refractivity contribution in [2.45, 2.75) is 31.4 Å². The van der Waals surface area contributed by atoms with E-state index in [1.807, 2.05) is 0 Å². The predicted molar refractivity (Wildman–Crippen MR) is 75.7 cm³/mol. The van der Waals surface area contributed by atoms with Crippen LogP contribution in [0.1, 0.15) is 18.7 Å². The highest BCUT2D eigenvalue weighted by atomic mass is 32.2. The molecule has 0 aliphatic carbocycles. The number of aliphatic hydroxyl groups excluding tert-OH is 1. The second-order valence-electron chi connectivity index (χ2n) is 4.90. The maximum absolute atomic E-state index is 12.5. The van der Waals surface area contributed by atoms with Crippen LogP contribution in [0.25, 0.3) is 0 Å². The maximum Gasteiger partial charge on any atom is 0.244 e. The Balaban J connectivity index is 2.14. The molecule has 0 atom stereocenters. The van der Waals surface area contributed by atoms with Crippen molar-refractivity contribution in [3.8, 4) is 0 Å². The number of hydrogen-bond donors (Lipinski definition) is 1. The van der Waals surface area contributed by atoms with Gasteiger partial charge in [-0.2, -0.15) is 4.31 Å². The minimum Gasteiger partial charge on any atom is -0.391 e. The topological polar surface area (TPSA) is 60.9 Å². The van der Waals surface area contributed by atoms with Crippen molar-refractivity contribution in [1.82, 2.24) is 9.21 Å². The summed E-state index contributed by atoms with van der Waals surface area (Å²) in [4.78, 5) is 3.05. The Bertz CT molecular complexity index is 517. The molecule has 2 rings (SSSR count). The number of rotatable bonds is 4. The van der Waals surface area contributed by atoms with E-state index in [-0.39, 0.29) is 11.5 Å². The lowest BCUT2D eigenvalue weighted by Gasteiger charge is -2.36. The molecule has 0 radical (unpaired) electrons. The number of hydrogen-bond acceptors (Lipinski definition) is 5. The smallest absolute Gasteiger partial charge is 0.244 e. The first-order valence-corrected chi connectivity index (χ1v) is 8.70. The van der Waals surface area contributed by atoms with Crippen molar-refractivity contribution in [3.05, 3.63) is 16.3 Å². The molecule has 1 fully saturated rings. The zero-order valence-corrected chi connectivity index (χ0v) is 12.9. The van der Waals surface area contributed by atoms with Crippen LogP contribution in [0.3, 0.4) is 0 Å². The van der Waals surface area contributed by atoms with Crippen molar-refractivity contribution in [2.75, 3.05) is 26.2 Å². The summed E-state index contributed by atoms with van der Waals surface area (Å²) in [6.07, 6.45) is 0. The molecule has 7 heteroatoms. The summed E-state index contributed by atoms with van der Waals surface area (Å²) < 4.78 is 26.5. The fraction of sp³-hybridized carbons (Fsp3) is 0.667. The van der Waals surface area contributed by atoms with Gasteiger partial charge in [-0.15, -0.1) is 11.3 Å². The van der Waals surface area contributed by atoms with Gasteiger partial charge in [-0.25, -0.2) is 8.42 Å². The average molecular weight is 304 g/mol. The Morgan fingerprint density at radius 3 is 2.47 bits per heavy atom. The van der Waals surface area contributed by atoms with E-state index in [2.05, 4.69) is 18.7 Å². The maximum atomic E-state index is 12.5. The van der Waals surface area contributed by atoms with Crippen LogP contribution in [0.15, 0.2) is 16.3 Å². The van der Waals surface area contributed by atoms with Crippen molar-refractivity contribution in [3.63, 3.8) is 0 Å². The number of thiophene rings is 1. The molecule has 1 aliphatic heterocycles. The summed E-state index contributed by atoms with van der Waals surface area (Å²) in [5, 5.41) is 10.9. The van der Waals surface area contributed by atoms with Crippen LogP contribution in [-0.4, -0.2) is 55.0 Å². The number of piperazine rings is 1. The molecule has 1 aromatic rings. The van der Waals surface area contributed by atoms with E-state index in [1.54, 1.807) is 11.4 Å². The normalized spacial score (nSPS) is 19.2. The Labute approximate surface area is 118 Å². The first-order valence-electron chi connectivity index (χ1n) is 6.38. The van der Waals surface area contributed by atoms with Crippen LogP contribution >= 0.6 is 11.3 Å². The number of sulfonamides is 1. The van der Waals surface area contributed by atoms with Crippen LogP contribution in [0.4, 0.5) is 0 Å². The Morgan fingerprint density at radius 2 is 1.95 bits per heavy atom. The molecule has 19 heavy (non-hydrogen) atoms. The second-order valence-corrected chi connectivity index (χ2v) is 7.81. The first-order chi connectivity index (χ1) is 8.96. The minimum atomic E-state index is -3.45. The van der Waals surface area contributed by atoms with Gasteiger partial charge in [-0.05, 0) is 25.3 Å². The molecule has 1 aromatic heterocycles. The molecule has 5 nitrogen and oxygen atoms in total. The van der Waals surface area contributed by atoms with E-state index in [0.717, 1.165) is 13.1 Å². The monoisotopic (exact) mass is 304 g/mol. The van der Waals surface area contributed by atoms with E-state index in [1.165, 1.54) is 15.6 Å². The van der Waals surface area contributed by atoms with Gasteiger partial charge in [0.2, 0.25) is 10.0 Å². The third kappa shape index (κ3) is 3.00. The van der Waals surface area contributed by atoms with Crippen LogP contribution < -0.4 is 0 Å². The van der Waals surface area contributed by atoms with Gasteiger partial charge in [0.25, 0.3) is 0 Å². The van der Waals surface area contributed by atoms with Crippen LogP contribution in [0, 0.1) is 0 Å². The molecular weight excluding hydrogens is 284 g/mol. The molecule has 0 saturated carbocycles. The quantitative estimate of drug-likeness (QED) is 0.900. The van der Waals surface area contributed by atoms with Gasteiger partial charge in [0, 0.05) is 37.1 Å². The van der Waals surface area contributed by atoms with Crippen LogP contribution in [0.5, 0.6) is 0 Å². The third-order valence-corrected chi connectivity index (χ3v) is 6.49. The fourth-order valence-corrected chi connectivity index (χ4v) is 4.96. The number of aliphatic hydroxyl groups is 1. The van der Waals surface area contributed by atoms with Crippen molar-refractivity contribution >= 4 is 21.4 Å². The van der Waals surface area contributed by atoms with E-state index in [4.69, 9.17) is 0 Å². The van der Waals surface area contributed by atoms with E-state index >= 15 is 0 Å². The zero-order chi connectivity index (χ0) is 14.0. The van der Waals surface area contributed by atoms with Gasteiger partial charge in [0.15, 0.2) is 0 Å². The van der Waals surface area contributed by atoms with Gasteiger partial charge in [0.1, 0.15) is 0 Å². The SMILES string of the molecule is CC(C)N1CCN(S(=O)(=O)c2ccsc2CO)CC1. The molecule has 0 amide bonds. The summed E-state index contributed by atoms with van der Waals surface area (Å²) >= 11 is 1.28. The highest BCUT2D eigenvalue weighted by Crippen LogP contribution is 2.26. The summed E-state index contributed by atoms with van der Waals surface area (Å²) in [5.74, 6) is 0. The molecule has 1 aliphatic rings. The molecule has 0 bridgehead atoms. The summed E-state index contributed by atoms with van der Waals surface area (Å²) in [5.41, 5.74) is 0. The minimum absolute atomic E-state index is 0.224. The van der Waals surface area contributed by atoms with Crippen molar-refractivity contribution in [1.29, 1.82) is 0 Å². The van der Waals surface area contributed by atoms with Crippen LogP contribution in [0.2, 0.25) is 0 Å². The molecule has 2 heterocycles. The Kier molecular flexibility index (Phi) is 4.62. The molecule has 108 valence electrons. The lowest BCUT2D eigenvalue weighted by molar-refractivity contribution is 0.154. The molecule has 0 aromatic carbocycles. The third-order valence-electron chi connectivity index (χ3n) is 3.47. The zero-order valence-electron chi connectivity index (χ0n) is 11.2. The van der Waals surface area contributed by atoms with E-state index in [0.29, 0.717) is 24.0 Å².